The molecule has 5 rings (SSSR count). The van der Waals surface area contributed by atoms with E-state index in [1.165, 1.54) is 11.3 Å². The standard InChI is InChI=1S/C25H24F3N7O2S/c1-13-9-24(37,4-2-18(13)21(29)36)22-31-12-19(38-22)15-6-14(16-10-32-33-11-16)7-17(8-15)34-23-30-5-3-20(35-23)25(26,27)28/h3,5-8,10-13,18,37H,2,4,9H2,1H3,(H2,29,36)(H,32,33)(H,30,34,35)/t13?,18-,24?/m0/s1. The number of aliphatic hydroxyl groups is 1. The highest BCUT2D eigenvalue weighted by molar-refractivity contribution is 7.15. The second-order valence-corrected chi connectivity index (χ2v) is 10.5. The van der Waals surface area contributed by atoms with Crippen LogP contribution in [0.1, 0.15) is 36.9 Å². The van der Waals surface area contributed by atoms with Gasteiger partial charge < -0.3 is 16.2 Å². The summed E-state index contributed by atoms with van der Waals surface area (Å²) in [5.41, 5.74) is 5.97. The molecule has 1 saturated carbocycles. The fourth-order valence-electron chi connectivity index (χ4n) is 4.82. The number of benzene rings is 1. The molecule has 38 heavy (non-hydrogen) atoms. The number of alkyl halides is 3. The molecule has 2 unspecified atom stereocenters. The quantitative estimate of drug-likeness (QED) is 0.272. The van der Waals surface area contributed by atoms with Gasteiger partial charge in [0.15, 0.2) is 0 Å². The number of nitrogens with zero attached hydrogens (tertiary/aromatic N) is 4. The third-order valence-corrected chi connectivity index (χ3v) is 7.98. The van der Waals surface area contributed by atoms with E-state index in [1.54, 1.807) is 30.7 Å². The average Bonchev–Trinajstić information content (AvgIpc) is 3.56. The molecule has 3 heterocycles. The van der Waals surface area contributed by atoms with Crippen molar-refractivity contribution in [2.45, 2.75) is 38.0 Å². The SMILES string of the molecule is CC1CC(O)(c2ncc(-c3cc(Nc4nccc(C(F)(F)F)n4)cc(-c4cn[nH]c4)c3)s2)CC[C@@H]1C(N)=O. The van der Waals surface area contributed by atoms with Crippen molar-refractivity contribution in [2.75, 3.05) is 5.32 Å². The Hall–Kier alpha value is -3.84. The Morgan fingerprint density at radius 1 is 1.21 bits per heavy atom. The van der Waals surface area contributed by atoms with Crippen molar-refractivity contribution in [3.63, 3.8) is 0 Å². The molecule has 13 heteroatoms. The number of amides is 1. The molecule has 198 valence electrons. The number of carbonyl (C=O) groups is 1. The number of H-pyrrole nitrogens is 1. The van der Waals surface area contributed by atoms with Gasteiger partial charge in [0.05, 0.1) is 11.1 Å². The van der Waals surface area contributed by atoms with Crippen molar-refractivity contribution in [1.29, 1.82) is 0 Å². The predicted molar refractivity (Wildman–Crippen MR) is 135 cm³/mol. The first-order valence-corrected chi connectivity index (χ1v) is 12.6. The highest BCUT2D eigenvalue weighted by Crippen LogP contribution is 2.45. The number of nitrogens with two attached hydrogens (primary N) is 1. The summed E-state index contributed by atoms with van der Waals surface area (Å²) in [6.45, 7) is 1.90. The molecular weight excluding hydrogens is 519 g/mol. The van der Waals surface area contributed by atoms with Crippen molar-refractivity contribution in [3.05, 3.63) is 59.8 Å². The van der Waals surface area contributed by atoms with Gasteiger partial charge >= 0.3 is 6.18 Å². The molecule has 0 aliphatic heterocycles. The number of aromatic nitrogens is 5. The van der Waals surface area contributed by atoms with Gasteiger partial charge in [-0.25, -0.2) is 15.0 Å². The molecule has 1 amide bonds. The predicted octanol–water partition coefficient (Wildman–Crippen LogP) is 4.86. The maximum Gasteiger partial charge on any atom is 0.433 e. The molecule has 0 spiro atoms. The van der Waals surface area contributed by atoms with E-state index in [-0.39, 0.29) is 23.7 Å². The number of hydrogen-bond donors (Lipinski definition) is 4. The molecule has 1 aliphatic rings. The lowest BCUT2D eigenvalue weighted by molar-refractivity contribution is -0.141. The van der Waals surface area contributed by atoms with E-state index in [4.69, 9.17) is 5.73 Å². The Morgan fingerprint density at radius 3 is 2.68 bits per heavy atom. The van der Waals surface area contributed by atoms with Crippen LogP contribution in [0.25, 0.3) is 21.6 Å². The average molecular weight is 544 g/mol. The lowest BCUT2D eigenvalue weighted by Crippen LogP contribution is -2.40. The van der Waals surface area contributed by atoms with Gasteiger partial charge in [-0.2, -0.15) is 18.3 Å². The summed E-state index contributed by atoms with van der Waals surface area (Å²) >= 11 is 1.32. The topological polar surface area (TPSA) is 143 Å². The molecule has 0 saturated heterocycles. The highest BCUT2D eigenvalue weighted by Gasteiger charge is 2.42. The van der Waals surface area contributed by atoms with Crippen LogP contribution in [0.15, 0.2) is 49.1 Å². The fraction of sp³-hybridized carbons (Fsp3) is 0.320. The number of aromatic amines is 1. The zero-order chi connectivity index (χ0) is 27.1. The van der Waals surface area contributed by atoms with E-state index in [0.717, 1.165) is 33.8 Å². The first-order chi connectivity index (χ1) is 18.0. The minimum atomic E-state index is -4.60. The molecule has 9 nitrogen and oxygen atoms in total. The number of carbonyl (C=O) groups excluding carboxylic acids is 1. The first kappa shape index (κ1) is 25.8. The van der Waals surface area contributed by atoms with Gasteiger partial charge in [0.2, 0.25) is 11.9 Å². The summed E-state index contributed by atoms with van der Waals surface area (Å²) in [5.74, 6) is -0.936. The van der Waals surface area contributed by atoms with Gasteiger partial charge in [-0.15, -0.1) is 11.3 Å². The van der Waals surface area contributed by atoms with Crippen LogP contribution in [0.3, 0.4) is 0 Å². The van der Waals surface area contributed by atoms with E-state index in [0.29, 0.717) is 30.0 Å². The number of anilines is 2. The van der Waals surface area contributed by atoms with Crippen LogP contribution in [0.2, 0.25) is 0 Å². The first-order valence-electron chi connectivity index (χ1n) is 11.8. The summed E-state index contributed by atoms with van der Waals surface area (Å²) in [4.78, 5) is 24.5. The molecule has 3 atom stereocenters. The van der Waals surface area contributed by atoms with Crippen molar-refractivity contribution in [1.82, 2.24) is 25.1 Å². The number of thiazole rings is 1. The molecule has 5 N–H and O–H groups in total. The molecule has 1 aliphatic carbocycles. The normalized spacial score (nSPS) is 21.8. The van der Waals surface area contributed by atoms with Crippen LogP contribution in [-0.4, -0.2) is 36.2 Å². The van der Waals surface area contributed by atoms with E-state index in [1.807, 2.05) is 13.0 Å². The number of hydrogen-bond acceptors (Lipinski definition) is 8. The lowest BCUT2D eigenvalue weighted by atomic mass is 9.72. The number of primary amides is 1. The van der Waals surface area contributed by atoms with Crippen LogP contribution in [0, 0.1) is 11.8 Å². The molecule has 0 radical (unpaired) electrons. The summed E-state index contributed by atoms with van der Waals surface area (Å²) in [7, 11) is 0. The highest BCUT2D eigenvalue weighted by atomic mass is 32.1. The van der Waals surface area contributed by atoms with Gasteiger partial charge in [-0.3, -0.25) is 9.89 Å². The third kappa shape index (κ3) is 5.24. The summed E-state index contributed by atoms with van der Waals surface area (Å²) in [6, 6.07) is 6.21. The van der Waals surface area contributed by atoms with Gasteiger partial charge in [-0.1, -0.05) is 6.92 Å². The smallest absolute Gasteiger partial charge is 0.383 e. The molecule has 1 fully saturated rings. The van der Waals surface area contributed by atoms with E-state index >= 15 is 0 Å². The minimum Gasteiger partial charge on any atom is -0.383 e. The van der Waals surface area contributed by atoms with E-state index in [9.17, 15) is 23.1 Å². The molecular formula is C25H24F3N7O2S. The zero-order valence-electron chi connectivity index (χ0n) is 20.2. The Balaban J connectivity index is 1.48. The third-order valence-electron chi connectivity index (χ3n) is 6.74. The van der Waals surface area contributed by atoms with Crippen LogP contribution >= 0.6 is 11.3 Å². The minimum absolute atomic E-state index is 0.0914. The van der Waals surface area contributed by atoms with Gasteiger partial charge in [0.25, 0.3) is 0 Å². The van der Waals surface area contributed by atoms with E-state index in [2.05, 4.69) is 30.5 Å². The maximum atomic E-state index is 13.1. The van der Waals surface area contributed by atoms with Crippen molar-refractivity contribution in [2.24, 2.45) is 17.6 Å². The number of nitrogens with one attached hydrogen (secondary N) is 2. The Kier molecular flexibility index (Phi) is 6.65. The molecule has 1 aromatic carbocycles. The molecule has 0 bridgehead atoms. The molecule has 4 aromatic rings. The Morgan fingerprint density at radius 2 is 2.00 bits per heavy atom. The van der Waals surface area contributed by atoms with Crippen molar-refractivity contribution in [3.8, 4) is 21.6 Å². The Labute approximate surface area is 219 Å². The second-order valence-electron chi connectivity index (χ2n) is 9.46. The van der Waals surface area contributed by atoms with Crippen molar-refractivity contribution < 1.29 is 23.1 Å². The Bertz CT molecular complexity index is 1460. The van der Waals surface area contributed by atoms with Crippen LogP contribution in [0.5, 0.6) is 0 Å². The van der Waals surface area contributed by atoms with Crippen LogP contribution < -0.4 is 11.1 Å². The van der Waals surface area contributed by atoms with Gasteiger partial charge in [0.1, 0.15) is 16.3 Å². The van der Waals surface area contributed by atoms with Crippen molar-refractivity contribution >= 4 is 28.9 Å². The summed E-state index contributed by atoms with van der Waals surface area (Å²) in [6.07, 6.45) is 2.63. The number of halogens is 3. The summed E-state index contributed by atoms with van der Waals surface area (Å²) in [5, 5.41) is 21.5. The zero-order valence-corrected chi connectivity index (χ0v) is 21.0. The van der Waals surface area contributed by atoms with Gasteiger partial charge in [-0.05, 0) is 60.6 Å². The molecule has 3 aromatic heterocycles. The fourth-order valence-corrected chi connectivity index (χ4v) is 5.85. The van der Waals surface area contributed by atoms with Gasteiger partial charge in [0, 0.05) is 35.8 Å². The van der Waals surface area contributed by atoms with Crippen LogP contribution in [-0.2, 0) is 16.6 Å². The number of rotatable bonds is 6. The summed E-state index contributed by atoms with van der Waals surface area (Å²) < 4.78 is 39.4. The largest absolute Gasteiger partial charge is 0.433 e. The second kappa shape index (κ2) is 9.80. The van der Waals surface area contributed by atoms with Crippen LogP contribution in [0.4, 0.5) is 24.8 Å². The lowest BCUT2D eigenvalue weighted by Gasteiger charge is -2.37. The maximum absolute atomic E-state index is 13.1. The monoisotopic (exact) mass is 543 g/mol. The van der Waals surface area contributed by atoms with E-state index < -0.39 is 17.5 Å².